The van der Waals surface area contributed by atoms with Gasteiger partial charge in [0.15, 0.2) is 0 Å². The summed E-state index contributed by atoms with van der Waals surface area (Å²) in [6, 6.07) is 19.1. The van der Waals surface area contributed by atoms with E-state index in [1.54, 1.807) is 9.80 Å². The van der Waals surface area contributed by atoms with Crippen LogP contribution in [0.25, 0.3) is 6.08 Å². The Morgan fingerprint density at radius 3 is 2.71 bits per heavy atom. The van der Waals surface area contributed by atoms with Crippen LogP contribution in [-0.4, -0.2) is 34.1 Å². The summed E-state index contributed by atoms with van der Waals surface area (Å²) in [5.74, 6) is -0.205. The SMILES string of the molecule is N#CCCN(C(=O)CCCN1C(=O)/C(=C/c2cccc(Br)c2)SC1=S)c1ccccc1. The molecular weight excluding hydrogens is 494 g/mol. The summed E-state index contributed by atoms with van der Waals surface area (Å²) in [6.45, 7) is 0.725. The van der Waals surface area contributed by atoms with Crippen molar-refractivity contribution in [3.05, 3.63) is 69.5 Å². The molecule has 0 atom stereocenters. The maximum absolute atomic E-state index is 12.8. The van der Waals surface area contributed by atoms with Crippen molar-refractivity contribution in [2.24, 2.45) is 0 Å². The maximum atomic E-state index is 12.8. The number of nitriles is 1. The molecule has 0 bridgehead atoms. The zero-order valence-corrected chi connectivity index (χ0v) is 19.9. The Kier molecular flexibility index (Phi) is 8.41. The first-order valence-corrected chi connectivity index (χ1v) is 11.7. The molecule has 0 aromatic heterocycles. The molecule has 0 unspecified atom stereocenters. The van der Waals surface area contributed by atoms with Crippen LogP contribution in [-0.2, 0) is 9.59 Å². The molecule has 3 rings (SSSR count). The minimum Gasteiger partial charge on any atom is -0.311 e. The van der Waals surface area contributed by atoms with E-state index < -0.39 is 0 Å². The van der Waals surface area contributed by atoms with E-state index in [4.69, 9.17) is 17.5 Å². The largest absolute Gasteiger partial charge is 0.311 e. The van der Waals surface area contributed by atoms with Gasteiger partial charge in [-0.25, -0.2) is 0 Å². The van der Waals surface area contributed by atoms with Crippen molar-refractivity contribution in [3.8, 4) is 6.07 Å². The number of thioether (sulfide) groups is 1. The van der Waals surface area contributed by atoms with Gasteiger partial charge in [-0.3, -0.25) is 14.5 Å². The lowest BCUT2D eigenvalue weighted by Gasteiger charge is -2.22. The molecule has 1 fully saturated rings. The zero-order chi connectivity index (χ0) is 22.2. The summed E-state index contributed by atoms with van der Waals surface area (Å²) in [5.41, 5.74) is 1.69. The predicted octanol–water partition coefficient (Wildman–Crippen LogP) is 5.38. The van der Waals surface area contributed by atoms with Crippen molar-refractivity contribution in [3.63, 3.8) is 0 Å². The summed E-state index contributed by atoms with van der Waals surface area (Å²) < 4.78 is 1.44. The summed E-state index contributed by atoms with van der Waals surface area (Å²) in [6.07, 6.45) is 2.84. The Morgan fingerprint density at radius 2 is 2.00 bits per heavy atom. The van der Waals surface area contributed by atoms with E-state index in [0.717, 1.165) is 15.7 Å². The Morgan fingerprint density at radius 1 is 1.23 bits per heavy atom. The van der Waals surface area contributed by atoms with Gasteiger partial charge in [0.25, 0.3) is 5.91 Å². The van der Waals surface area contributed by atoms with Crippen molar-refractivity contribution >= 4 is 67.8 Å². The van der Waals surface area contributed by atoms with E-state index >= 15 is 0 Å². The number of hydrogen-bond donors (Lipinski definition) is 0. The molecule has 1 saturated heterocycles. The van der Waals surface area contributed by atoms with Crippen molar-refractivity contribution in [2.75, 3.05) is 18.0 Å². The number of para-hydroxylation sites is 1. The van der Waals surface area contributed by atoms with Gasteiger partial charge < -0.3 is 4.90 Å². The number of thiocarbonyl (C=S) groups is 1. The van der Waals surface area contributed by atoms with Gasteiger partial charge in [0.05, 0.1) is 17.4 Å². The third-order valence-corrected chi connectivity index (χ3v) is 6.48. The van der Waals surface area contributed by atoms with Crippen LogP contribution in [0.15, 0.2) is 64.0 Å². The van der Waals surface area contributed by atoms with E-state index in [0.29, 0.717) is 28.7 Å². The standard InChI is InChI=1S/C23H20BrN3O2S2/c24-18-8-4-7-17(15-18)16-20-22(29)27(23(30)31-20)13-5-11-21(28)26(14-6-12-25)19-9-2-1-3-10-19/h1-4,7-10,15-16H,5-6,11,13-14H2/b20-16-. The highest BCUT2D eigenvalue weighted by Crippen LogP contribution is 2.33. The Hall–Kier alpha value is -2.47. The minimum absolute atomic E-state index is 0.0726. The van der Waals surface area contributed by atoms with Crippen molar-refractivity contribution < 1.29 is 9.59 Å². The van der Waals surface area contributed by atoms with Gasteiger partial charge in [0.1, 0.15) is 4.32 Å². The number of carbonyl (C=O) groups excluding carboxylic acids is 2. The van der Waals surface area contributed by atoms with E-state index in [9.17, 15) is 9.59 Å². The Bertz CT molecular complexity index is 1050. The van der Waals surface area contributed by atoms with Crippen molar-refractivity contribution in [2.45, 2.75) is 19.3 Å². The average Bonchev–Trinajstić information content (AvgIpc) is 3.02. The van der Waals surface area contributed by atoms with Crippen LogP contribution < -0.4 is 4.90 Å². The van der Waals surface area contributed by atoms with E-state index in [1.807, 2.05) is 60.7 Å². The Labute approximate surface area is 199 Å². The molecule has 2 aromatic carbocycles. The molecule has 0 N–H and O–H groups in total. The minimum atomic E-state index is -0.133. The maximum Gasteiger partial charge on any atom is 0.266 e. The third kappa shape index (κ3) is 6.26. The van der Waals surface area contributed by atoms with Crippen LogP contribution in [0.4, 0.5) is 5.69 Å². The molecule has 0 radical (unpaired) electrons. The van der Waals surface area contributed by atoms with Crippen LogP contribution in [0.1, 0.15) is 24.8 Å². The highest BCUT2D eigenvalue weighted by atomic mass is 79.9. The molecule has 2 amide bonds. The lowest BCUT2D eigenvalue weighted by atomic mass is 10.2. The van der Waals surface area contributed by atoms with Gasteiger partial charge >= 0.3 is 0 Å². The number of anilines is 1. The molecule has 158 valence electrons. The summed E-state index contributed by atoms with van der Waals surface area (Å²) >= 11 is 10.1. The predicted molar refractivity (Wildman–Crippen MR) is 132 cm³/mol. The fourth-order valence-electron chi connectivity index (χ4n) is 3.13. The number of benzene rings is 2. The van der Waals surface area contributed by atoms with Gasteiger partial charge in [-0.05, 0) is 42.3 Å². The quantitative estimate of drug-likeness (QED) is 0.350. The molecule has 31 heavy (non-hydrogen) atoms. The van der Waals surface area contributed by atoms with Gasteiger partial charge in [-0.1, -0.05) is 70.2 Å². The average molecular weight is 514 g/mol. The first kappa shape index (κ1) is 23.2. The fourth-order valence-corrected chi connectivity index (χ4v) is 4.86. The van der Waals surface area contributed by atoms with Crippen LogP contribution in [0.2, 0.25) is 0 Å². The topological polar surface area (TPSA) is 64.4 Å². The number of halogens is 1. The third-order valence-electron chi connectivity index (χ3n) is 4.61. The second-order valence-corrected chi connectivity index (χ2v) is 9.37. The van der Waals surface area contributed by atoms with Crippen molar-refractivity contribution in [1.29, 1.82) is 5.26 Å². The van der Waals surface area contributed by atoms with Gasteiger partial charge in [0, 0.05) is 29.7 Å². The summed E-state index contributed by atoms with van der Waals surface area (Å²) in [7, 11) is 0. The summed E-state index contributed by atoms with van der Waals surface area (Å²) in [4.78, 5) is 29.3. The smallest absolute Gasteiger partial charge is 0.266 e. The van der Waals surface area contributed by atoms with E-state index in [-0.39, 0.29) is 24.7 Å². The van der Waals surface area contributed by atoms with Crippen LogP contribution in [0.5, 0.6) is 0 Å². The van der Waals surface area contributed by atoms with Crippen LogP contribution in [0.3, 0.4) is 0 Å². The lowest BCUT2D eigenvalue weighted by molar-refractivity contribution is -0.123. The highest BCUT2D eigenvalue weighted by Gasteiger charge is 2.31. The second-order valence-electron chi connectivity index (χ2n) is 6.78. The molecular formula is C23H20BrN3O2S2. The molecule has 8 heteroatoms. The monoisotopic (exact) mass is 513 g/mol. The number of amides is 2. The molecule has 1 aliphatic heterocycles. The van der Waals surface area contributed by atoms with Crippen LogP contribution in [0, 0.1) is 11.3 Å². The first-order chi connectivity index (χ1) is 15.0. The normalized spacial score (nSPS) is 14.7. The molecule has 0 aliphatic carbocycles. The number of hydrogen-bond acceptors (Lipinski definition) is 5. The molecule has 2 aromatic rings. The second kappa shape index (κ2) is 11.2. The van der Waals surface area contributed by atoms with Gasteiger partial charge in [0.2, 0.25) is 5.91 Å². The number of rotatable bonds is 8. The fraction of sp³-hybridized carbons (Fsp3) is 0.217. The zero-order valence-electron chi connectivity index (χ0n) is 16.7. The molecule has 0 saturated carbocycles. The first-order valence-electron chi connectivity index (χ1n) is 9.73. The highest BCUT2D eigenvalue weighted by molar-refractivity contribution is 9.10. The van der Waals surface area contributed by atoms with Crippen molar-refractivity contribution in [1.82, 2.24) is 4.90 Å². The van der Waals surface area contributed by atoms with Gasteiger partial charge in [-0.15, -0.1) is 0 Å². The van der Waals surface area contributed by atoms with E-state index in [2.05, 4.69) is 22.0 Å². The lowest BCUT2D eigenvalue weighted by Crippen LogP contribution is -2.33. The summed E-state index contributed by atoms with van der Waals surface area (Å²) in [5, 5.41) is 8.91. The van der Waals surface area contributed by atoms with Crippen LogP contribution >= 0.6 is 39.9 Å². The molecule has 1 heterocycles. The van der Waals surface area contributed by atoms with E-state index in [1.165, 1.54) is 11.8 Å². The Balaban J connectivity index is 1.60. The van der Waals surface area contributed by atoms with Gasteiger partial charge in [-0.2, -0.15) is 5.26 Å². The molecule has 0 spiro atoms. The number of carbonyl (C=O) groups is 2. The molecule has 1 aliphatic rings. The number of nitrogens with zero attached hydrogens (tertiary/aromatic N) is 3. The molecule has 5 nitrogen and oxygen atoms in total.